The van der Waals surface area contributed by atoms with E-state index < -0.39 is 18.3 Å². The Labute approximate surface area is 167 Å². The highest BCUT2D eigenvalue weighted by Gasteiger charge is 2.28. The fourth-order valence-electron chi connectivity index (χ4n) is 3.00. The molecular weight excluding hydrogens is 382 g/mol. The van der Waals surface area contributed by atoms with E-state index in [4.69, 9.17) is 23.7 Å². The Kier molecular flexibility index (Phi) is 6.63. The van der Waals surface area contributed by atoms with Crippen molar-refractivity contribution in [1.82, 2.24) is 0 Å². The van der Waals surface area contributed by atoms with Gasteiger partial charge in [0, 0.05) is 31.9 Å². The van der Waals surface area contributed by atoms with Gasteiger partial charge in [-0.05, 0) is 29.8 Å². The second-order valence-electron chi connectivity index (χ2n) is 6.24. The van der Waals surface area contributed by atoms with E-state index in [0.717, 1.165) is 0 Å². The van der Waals surface area contributed by atoms with Crippen LogP contribution in [0.1, 0.15) is 18.1 Å². The number of amides is 1. The third kappa shape index (κ3) is 4.82. The van der Waals surface area contributed by atoms with Gasteiger partial charge in [0.25, 0.3) is 0 Å². The molecule has 1 aliphatic heterocycles. The van der Waals surface area contributed by atoms with Crippen LogP contribution in [0.3, 0.4) is 0 Å². The van der Waals surface area contributed by atoms with E-state index >= 15 is 0 Å². The molecule has 0 aromatic heterocycles. The van der Waals surface area contributed by atoms with Crippen molar-refractivity contribution >= 4 is 11.8 Å². The largest absolute Gasteiger partial charge is 0.504 e. The maximum absolute atomic E-state index is 12.5. The van der Waals surface area contributed by atoms with Crippen LogP contribution in [0.25, 0.3) is 0 Å². The predicted octanol–water partition coefficient (Wildman–Crippen LogP) is 2.82. The van der Waals surface area contributed by atoms with Gasteiger partial charge in [-0.25, -0.2) is 4.79 Å². The lowest BCUT2D eigenvalue weighted by molar-refractivity contribution is -0.0306. The van der Waals surface area contributed by atoms with Crippen molar-refractivity contribution in [2.45, 2.75) is 18.6 Å². The lowest BCUT2D eigenvalue weighted by atomic mass is 10.0. The van der Waals surface area contributed by atoms with Crippen LogP contribution in [-0.2, 0) is 9.47 Å². The SMILES string of the molecule is COc1ccc([C@@H](OC(=O)Nc2ccc3c(c2)OCO3)[C@@H](CCO)OC)cc1O. The minimum absolute atomic E-state index is 0.103. The van der Waals surface area contributed by atoms with E-state index in [1.807, 2.05) is 0 Å². The molecule has 0 unspecified atom stereocenters. The number of aliphatic hydroxyl groups excluding tert-OH is 1. The maximum atomic E-state index is 12.5. The molecule has 0 saturated carbocycles. The first kappa shape index (κ1) is 20.6. The number of nitrogens with one attached hydrogen (secondary N) is 1. The summed E-state index contributed by atoms with van der Waals surface area (Å²) in [5.41, 5.74) is 0.955. The normalized spacial score (nSPS) is 14.2. The Hall–Kier alpha value is -3.17. The summed E-state index contributed by atoms with van der Waals surface area (Å²) in [4.78, 5) is 12.5. The fourth-order valence-corrected chi connectivity index (χ4v) is 3.00. The van der Waals surface area contributed by atoms with Crippen molar-refractivity contribution in [3.05, 3.63) is 42.0 Å². The number of hydrogen-bond donors (Lipinski definition) is 3. The van der Waals surface area contributed by atoms with Gasteiger partial charge >= 0.3 is 6.09 Å². The van der Waals surface area contributed by atoms with Crippen LogP contribution in [0.4, 0.5) is 10.5 Å². The number of phenols is 1. The summed E-state index contributed by atoms with van der Waals surface area (Å²) in [7, 11) is 2.89. The number of aliphatic hydroxyl groups is 1. The monoisotopic (exact) mass is 405 g/mol. The molecule has 156 valence electrons. The average molecular weight is 405 g/mol. The number of anilines is 1. The zero-order valence-corrected chi connectivity index (χ0v) is 16.1. The number of phenolic OH excluding ortho intramolecular Hbond substituents is 1. The van der Waals surface area contributed by atoms with Crippen molar-refractivity contribution < 1.29 is 38.7 Å². The standard InChI is InChI=1S/C20H23NO8/c1-25-15-5-3-12(9-14(15)23)19(17(26-2)7-8-22)29-20(24)21-13-4-6-16-18(10-13)28-11-27-16/h3-6,9-10,17,19,22-23H,7-8,11H2,1-2H3,(H,21,24)/t17-,19-/m1/s1. The van der Waals surface area contributed by atoms with E-state index in [-0.39, 0.29) is 31.3 Å². The summed E-state index contributed by atoms with van der Waals surface area (Å²) < 4.78 is 26.6. The molecule has 0 radical (unpaired) electrons. The van der Waals surface area contributed by atoms with Gasteiger partial charge in [-0.1, -0.05) is 6.07 Å². The summed E-state index contributed by atoms with van der Waals surface area (Å²) >= 11 is 0. The van der Waals surface area contributed by atoms with Crippen LogP contribution < -0.4 is 19.5 Å². The van der Waals surface area contributed by atoms with E-state index in [2.05, 4.69) is 5.32 Å². The van der Waals surface area contributed by atoms with Gasteiger partial charge in [0.15, 0.2) is 29.1 Å². The van der Waals surface area contributed by atoms with Gasteiger partial charge in [-0.2, -0.15) is 0 Å². The highest BCUT2D eigenvalue weighted by atomic mass is 16.7. The first-order valence-electron chi connectivity index (χ1n) is 8.93. The summed E-state index contributed by atoms with van der Waals surface area (Å²) in [6.07, 6.45) is -2.01. The first-order chi connectivity index (χ1) is 14.0. The molecule has 2 atom stereocenters. The van der Waals surface area contributed by atoms with Crippen LogP contribution in [-0.4, -0.2) is 50.0 Å². The molecule has 1 aliphatic rings. The Bertz CT molecular complexity index is 856. The van der Waals surface area contributed by atoms with E-state index in [1.54, 1.807) is 30.3 Å². The summed E-state index contributed by atoms with van der Waals surface area (Å²) in [6.45, 7) is -0.0345. The summed E-state index contributed by atoms with van der Waals surface area (Å²) in [5, 5.41) is 22.0. The summed E-state index contributed by atoms with van der Waals surface area (Å²) in [5.74, 6) is 1.30. The molecular formula is C20H23NO8. The first-order valence-corrected chi connectivity index (χ1v) is 8.93. The number of hydrogen-bond acceptors (Lipinski definition) is 8. The molecule has 0 spiro atoms. The highest BCUT2D eigenvalue weighted by Crippen LogP contribution is 2.35. The zero-order valence-electron chi connectivity index (χ0n) is 16.1. The van der Waals surface area contributed by atoms with E-state index in [9.17, 15) is 15.0 Å². The van der Waals surface area contributed by atoms with E-state index in [0.29, 0.717) is 22.7 Å². The molecule has 0 saturated heterocycles. The summed E-state index contributed by atoms with van der Waals surface area (Å²) in [6, 6.07) is 9.61. The smallest absolute Gasteiger partial charge is 0.412 e. The number of carbonyl (C=O) groups excluding carboxylic acids is 1. The van der Waals surface area contributed by atoms with Crippen LogP contribution in [0.2, 0.25) is 0 Å². The van der Waals surface area contributed by atoms with Crippen LogP contribution in [0.5, 0.6) is 23.0 Å². The molecule has 9 heteroatoms. The number of carbonyl (C=O) groups is 1. The molecule has 9 nitrogen and oxygen atoms in total. The molecule has 0 aliphatic carbocycles. The minimum Gasteiger partial charge on any atom is -0.504 e. The lowest BCUT2D eigenvalue weighted by Crippen LogP contribution is -2.28. The molecule has 2 aromatic carbocycles. The Morgan fingerprint density at radius 1 is 1.17 bits per heavy atom. The fraction of sp³-hybridized carbons (Fsp3) is 0.350. The van der Waals surface area contributed by atoms with Crippen LogP contribution in [0, 0.1) is 0 Å². The van der Waals surface area contributed by atoms with Crippen molar-refractivity contribution in [1.29, 1.82) is 0 Å². The van der Waals surface area contributed by atoms with Crippen molar-refractivity contribution in [2.75, 3.05) is 32.9 Å². The van der Waals surface area contributed by atoms with Gasteiger partial charge < -0.3 is 33.9 Å². The number of benzene rings is 2. The topological polar surface area (TPSA) is 116 Å². The van der Waals surface area contributed by atoms with Gasteiger partial charge in [0.1, 0.15) is 6.10 Å². The Morgan fingerprint density at radius 3 is 2.66 bits per heavy atom. The Morgan fingerprint density at radius 2 is 1.97 bits per heavy atom. The number of methoxy groups -OCH3 is 2. The van der Waals surface area contributed by atoms with Crippen LogP contribution >= 0.6 is 0 Å². The van der Waals surface area contributed by atoms with Crippen molar-refractivity contribution in [3.63, 3.8) is 0 Å². The van der Waals surface area contributed by atoms with Crippen molar-refractivity contribution in [3.8, 4) is 23.0 Å². The third-order valence-electron chi connectivity index (χ3n) is 4.44. The average Bonchev–Trinajstić information content (AvgIpc) is 3.18. The van der Waals surface area contributed by atoms with Gasteiger partial charge in [0.2, 0.25) is 6.79 Å². The number of ether oxygens (including phenoxy) is 5. The molecule has 0 bridgehead atoms. The predicted molar refractivity (Wildman–Crippen MR) is 103 cm³/mol. The van der Waals surface area contributed by atoms with Gasteiger partial charge in [0.05, 0.1) is 7.11 Å². The number of aromatic hydroxyl groups is 1. The highest BCUT2D eigenvalue weighted by molar-refractivity contribution is 5.85. The lowest BCUT2D eigenvalue weighted by Gasteiger charge is -2.26. The van der Waals surface area contributed by atoms with Gasteiger partial charge in [-0.15, -0.1) is 0 Å². The molecule has 3 N–H and O–H groups in total. The molecule has 29 heavy (non-hydrogen) atoms. The minimum atomic E-state index is -0.877. The van der Waals surface area contributed by atoms with E-state index in [1.165, 1.54) is 20.3 Å². The Balaban J connectivity index is 1.78. The third-order valence-corrected chi connectivity index (χ3v) is 4.44. The second-order valence-corrected chi connectivity index (χ2v) is 6.24. The quantitative estimate of drug-likeness (QED) is 0.614. The zero-order chi connectivity index (χ0) is 20.8. The van der Waals surface area contributed by atoms with Crippen molar-refractivity contribution in [2.24, 2.45) is 0 Å². The van der Waals surface area contributed by atoms with Gasteiger partial charge in [-0.3, -0.25) is 5.32 Å². The molecule has 3 rings (SSSR count). The number of rotatable bonds is 8. The molecule has 1 amide bonds. The molecule has 0 fully saturated rings. The second kappa shape index (κ2) is 9.35. The molecule has 2 aromatic rings. The number of fused-ring (bicyclic) bond motifs is 1. The molecule has 1 heterocycles. The maximum Gasteiger partial charge on any atom is 0.412 e. The van der Waals surface area contributed by atoms with Crippen LogP contribution in [0.15, 0.2) is 36.4 Å².